The van der Waals surface area contributed by atoms with E-state index < -0.39 is 11.6 Å². The van der Waals surface area contributed by atoms with Crippen molar-refractivity contribution in [2.75, 3.05) is 0 Å². The molecule has 0 saturated carbocycles. The smallest absolute Gasteiger partial charge is 0.361 e. The summed E-state index contributed by atoms with van der Waals surface area (Å²) < 4.78 is 6.00. The monoisotopic (exact) mass is 233 g/mol. The third kappa shape index (κ3) is 2.13. The molecule has 1 heterocycles. The number of benzene rings is 1. The maximum Gasteiger partial charge on any atom is 0.361 e. The van der Waals surface area contributed by atoms with Crippen molar-refractivity contribution in [2.24, 2.45) is 0 Å². The van der Waals surface area contributed by atoms with Gasteiger partial charge >= 0.3 is 11.6 Å². The standard InChI is InChI=1S/C12H11NO4/c1-8-10(11(14)15)13(17-12(8)16)7-9-5-3-2-4-6-9/h2-6H,7H2,1H3,(H,14,15). The minimum Gasteiger partial charge on any atom is -0.476 e. The van der Waals surface area contributed by atoms with Gasteiger partial charge in [0.2, 0.25) is 0 Å². The Kier molecular flexibility index (Phi) is 2.82. The highest BCUT2D eigenvalue weighted by atomic mass is 16.5. The zero-order valence-corrected chi connectivity index (χ0v) is 9.21. The van der Waals surface area contributed by atoms with Gasteiger partial charge in [-0.25, -0.2) is 9.59 Å². The summed E-state index contributed by atoms with van der Waals surface area (Å²) in [6.07, 6.45) is 0. The fraction of sp³-hybridized carbons (Fsp3) is 0.167. The van der Waals surface area contributed by atoms with Gasteiger partial charge in [-0.2, -0.15) is 4.74 Å². The lowest BCUT2D eigenvalue weighted by Crippen LogP contribution is -2.10. The van der Waals surface area contributed by atoms with Crippen LogP contribution in [0.1, 0.15) is 21.6 Å². The van der Waals surface area contributed by atoms with Crippen LogP contribution in [0.2, 0.25) is 0 Å². The molecule has 0 bridgehead atoms. The lowest BCUT2D eigenvalue weighted by Gasteiger charge is -2.03. The van der Waals surface area contributed by atoms with Gasteiger partial charge in [0.05, 0.1) is 12.1 Å². The van der Waals surface area contributed by atoms with Crippen molar-refractivity contribution in [1.29, 1.82) is 0 Å². The molecule has 0 unspecified atom stereocenters. The van der Waals surface area contributed by atoms with Crippen LogP contribution in [0.3, 0.4) is 0 Å². The Morgan fingerprint density at radius 3 is 2.59 bits per heavy atom. The van der Waals surface area contributed by atoms with Gasteiger partial charge < -0.3 is 9.63 Å². The molecular weight excluding hydrogens is 222 g/mol. The lowest BCUT2D eigenvalue weighted by molar-refractivity contribution is 0.0669. The van der Waals surface area contributed by atoms with E-state index in [-0.39, 0.29) is 17.8 Å². The SMILES string of the molecule is Cc1c(C(=O)O)n(Cc2ccccc2)oc1=O. The van der Waals surface area contributed by atoms with Gasteiger partial charge in [-0.15, -0.1) is 0 Å². The summed E-state index contributed by atoms with van der Waals surface area (Å²) in [5, 5.41) is 9.02. The van der Waals surface area contributed by atoms with E-state index in [1.807, 2.05) is 30.3 Å². The molecule has 0 aliphatic carbocycles. The Hall–Kier alpha value is -2.30. The first kappa shape index (κ1) is 11.2. The number of hydrogen-bond acceptors (Lipinski definition) is 3. The summed E-state index contributed by atoms with van der Waals surface area (Å²) in [6.45, 7) is 1.67. The summed E-state index contributed by atoms with van der Waals surface area (Å²) >= 11 is 0. The van der Waals surface area contributed by atoms with Crippen LogP contribution in [0.5, 0.6) is 0 Å². The average Bonchev–Trinajstić information content (AvgIpc) is 2.56. The molecule has 1 aromatic heterocycles. The van der Waals surface area contributed by atoms with E-state index in [2.05, 4.69) is 0 Å². The maximum atomic E-state index is 11.3. The van der Waals surface area contributed by atoms with Crippen molar-refractivity contribution in [3.05, 3.63) is 57.6 Å². The van der Waals surface area contributed by atoms with Gasteiger partial charge in [-0.1, -0.05) is 30.3 Å². The van der Waals surface area contributed by atoms with Crippen molar-refractivity contribution in [3.8, 4) is 0 Å². The van der Waals surface area contributed by atoms with Crippen LogP contribution < -0.4 is 5.63 Å². The Labute approximate surface area is 96.9 Å². The summed E-state index contributed by atoms with van der Waals surface area (Å²) in [7, 11) is 0. The number of carboxylic acids is 1. The molecule has 5 nitrogen and oxygen atoms in total. The number of nitrogens with zero attached hydrogens (tertiary/aromatic N) is 1. The number of hydrogen-bond donors (Lipinski definition) is 1. The molecule has 0 aliphatic rings. The summed E-state index contributed by atoms with van der Waals surface area (Å²) in [6, 6.07) is 9.20. The Balaban J connectivity index is 2.43. The molecule has 2 aromatic rings. The first-order valence-electron chi connectivity index (χ1n) is 5.07. The van der Waals surface area contributed by atoms with Crippen molar-refractivity contribution in [1.82, 2.24) is 4.74 Å². The molecule has 88 valence electrons. The van der Waals surface area contributed by atoms with E-state index in [0.29, 0.717) is 0 Å². The molecule has 1 aromatic carbocycles. The zero-order chi connectivity index (χ0) is 12.4. The van der Waals surface area contributed by atoms with Crippen LogP contribution in [0.25, 0.3) is 0 Å². The molecule has 0 fully saturated rings. The fourth-order valence-corrected chi connectivity index (χ4v) is 1.63. The van der Waals surface area contributed by atoms with Crippen LogP contribution in [0.15, 0.2) is 39.6 Å². The summed E-state index contributed by atoms with van der Waals surface area (Å²) in [5.41, 5.74) is 0.277. The van der Waals surface area contributed by atoms with Gasteiger partial charge in [-0.3, -0.25) is 0 Å². The number of aromatic nitrogens is 1. The molecule has 0 saturated heterocycles. The lowest BCUT2D eigenvalue weighted by atomic mass is 10.2. The highest BCUT2D eigenvalue weighted by Gasteiger charge is 2.19. The molecule has 1 N–H and O–H groups in total. The second kappa shape index (κ2) is 4.29. The Bertz CT molecular complexity index is 595. The van der Waals surface area contributed by atoms with Gasteiger partial charge in [0.1, 0.15) is 0 Å². The number of carboxylic acid groups (broad SMARTS) is 1. The second-order valence-corrected chi connectivity index (χ2v) is 3.68. The highest BCUT2D eigenvalue weighted by molar-refractivity contribution is 5.87. The third-order valence-corrected chi connectivity index (χ3v) is 2.48. The van der Waals surface area contributed by atoms with Gasteiger partial charge in [-0.05, 0) is 12.5 Å². The number of carbonyl (C=O) groups is 1. The Morgan fingerprint density at radius 2 is 2.00 bits per heavy atom. The van der Waals surface area contributed by atoms with Gasteiger partial charge in [0.15, 0.2) is 5.69 Å². The van der Waals surface area contributed by atoms with Crippen molar-refractivity contribution < 1.29 is 14.4 Å². The van der Waals surface area contributed by atoms with Crippen LogP contribution in [0, 0.1) is 6.92 Å². The molecular formula is C12H11NO4. The largest absolute Gasteiger partial charge is 0.476 e. The molecule has 5 heteroatoms. The van der Waals surface area contributed by atoms with E-state index in [9.17, 15) is 9.59 Å². The topological polar surface area (TPSA) is 72.4 Å². The predicted molar refractivity (Wildman–Crippen MR) is 60.2 cm³/mol. The second-order valence-electron chi connectivity index (χ2n) is 3.68. The van der Waals surface area contributed by atoms with Crippen molar-refractivity contribution in [3.63, 3.8) is 0 Å². The maximum absolute atomic E-state index is 11.3. The van der Waals surface area contributed by atoms with Gasteiger partial charge in [0, 0.05) is 0 Å². The zero-order valence-electron chi connectivity index (χ0n) is 9.21. The number of aromatic carboxylic acids is 1. The van der Waals surface area contributed by atoms with Crippen molar-refractivity contribution in [2.45, 2.75) is 13.5 Å². The van der Waals surface area contributed by atoms with Crippen LogP contribution >= 0.6 is 0 Å². The Morgan fingerprint density at radius 1 is 1.35 bits per heavy atom. The first-order chi connectivity index (χ1) is 8.09. The summed E-state index contributed by atoms with van der Waals surface area (Å²) in [4.78, 5) is 22.3. The predicted octanol–water partition coefficient (Wildman–Crippen LogP) is 1.50. The minimum atomic E-state index is -1.16. The van der Waals surface area contributed by atoms with E-state index in [0.717, 1.165) is 10.3 Å². The molecule has 0 aliphatic heterocycles. The average molecular weight is 233 g/mol. The fourth-order valence-electron chi connectivity index (χ4n) is 1.63. The summed E-state index contributed by atoms with van der Waals surface area (Å²) in [5.74, 6) is -1.16. The van der Waals surface area contributed by atoms with E-state index in [1.54, 1.807) is 0 Å². The number of rotatable bonds is 3. The minimum absolute atomic E-state index is 0.0983. The van der Waals surface area contributed by atoms with Crippen molar-refractivity contribution >= 4 is 5.97 Å². The first-order valence-corrected chi connectivity index (χ1v) is 5.07. The van der Waals surface area contributed by atoms with Crippen LogP contribution in [-0.4, -0.2) is 15.8 Å². The van der Waals surface area contributed by atoms with Gasteiger partial charge in [0.25, 0.3) is 0 Å². The van der Waals surface area contributed by atoms with E-state index in [4.69, 9.17) is 9.63 Å². The normalized spacial score (nSPS) is 10.4. The van der Waals surface area contributed by atoms with E-state index in [1.165, 1.54) is 6.92 Å². The van der Waals surface area contributed by atoms with Crippen LogP contribution in [-0.2, 0) is 6.54 Å². The molecule has 0 amide bonds. The highest BCUT2D eigenvalue weighted by Crippen LogP contribution is 2.09. The molecule has 0 atom stereocenters. The molecule has 2 rings (SSSR count). The molecule has 17 heavy (non-hydrogen) atoms. The molecule has 0 spiro atoms. The molecule has 0 radical (unpaired) electrons. The van der Waals surface area contributed by atoms with E-state index >= 15 is 0 Å². The quantitative estimate of drug-likeness (QED) is 0.871. The van der Waals surface area contributed by atoms with Crippen LogP contribution in [0.4, 0.5) is 0 Å². The third-order valence-electron chi connectivity index (χ3n) is 2.48.